The summed E-state index contributed by atoms with van der Waals surface area (Å²) in [5, 5.41) is 0. The highest BCUT2D eigenvalue weighted by molar-refractivity contribution is 5.91. The molecule has 0 spiro atoms. The van der Waals surface area contributed by atoms with Crippen LogP contribution in [0.3, 0.4) is 0 Å². The van der Waals surface area contributed by atoms with Crippen molar-refractivity contribution in [1.82, 2.24) is 0 Å². The Morgan fingerprint density at radius 3 is 1.08 bits per heavy atom. The third-order valence-electron chi connectivity index (χ3n) is 14.7. The smallest absolute Gasteiger partial charge is 0.333 e. The molecule has 9 rings (SSSR count). The molecule has 6 aromatic carbocycles. The van der Waals surface area contributed by atoms with Gasteiger partial charge in [0.25, 0.3) is 0 Å². The predicted molar refractivity (Wildman–Crippen MR) is 267 cm³/mol. The number of esters is 2. The second-order valence-corrected chi connectivity index (χ2v) is 19.2. The summed E-state index contributed by atoms with van der Waals surface area (Å²) in [7, 11) is 0. The zero-order chi connectivity index (χ0) is 46.0. The molecular formula is C61H58O4. The summed E-state index contributed by atoms with van der Waals surface area (Å²) in [6, 6.07) is 45.2. The van der Waals surface area contributed by atoms with Crippen LogP contribution in [0.5, 0.6) is 0 Å². The predicted octanol–water partition coefficient (Wildman–Crippen LogP) is 14.8. The van der Waals surface area contributed by atoms with Crippen LogP contribution in [0.4, 0.5) is 0 Å². The molecule has 2 unspecified atom stereocenters. The summed E-state index contributed by atoms with van der Waals surface area (Å²) >= 11 is 0. The van der Waals surface area contributed by atoms with Crippen molar-refractivity contribution in [3.05, 3.63) is 203 Å². The molecular weight excluding hydrogens is 797 g/mol. The molecule has 0 aliphatic heterocycles. The molecule has 3 aliphatic rings. The molecule has 0 amide bonds. The van der Waals surface area contributed by atoms with Crippen molar-refractivity contribution in [2.45, 2.75) is 83.5 Å². The number of benzene rings is 6. The van der Waals surface area contributed by atoms with Gasteiger partial charge in [-0.1, -0.05) is 148 Å². The van der Waals surface area contributed by atoms with Crippen LogP contribution in [-0.2, 0) is 35.3 Å². The Morgan fingerprint density at radius 1 is 0.431 bits per heavy atom. The molecule has 6 aromatic rings. The first-order valence-corrected chi connectivity index (χ1v) is 22.9. The van der Waals surface area contributed by atoms with Gasteiger partial charge >= 0.3 is 11.9 Å². The summed E-state index contributed by atoms with van der Waals surface area (Å²) in [6.07, 6.45) is 2.93. The van der Waals surface area contributed by atoms with E-state index in [-0.39, 0.29) is 17.4 Å². The molecule has 0 N–H and O–H groups in total. The van der Waals surface area contributed by atoms with Crippen LogP contribution in [0.2, 0.25) is 0 Å². The van der Waals surface area contributed by atoms with Gasteiger partial charge in [0.1, 0.15) is 0 Å². The molecule has 4 heteroatoms. The lowest BCUT2D eigenvalue weighted by Gasteiger charge is -2.33. The van der Waals surface area contributed by atoms with Crippen molar-refractivity contribution in [3.63, 3.8) is 0 Å². The minimum atomic E-state index is -0.413. The maximum absolute atomic E-state index is 12.3. The Bertz CT molecular complexity index is 2830. The fourth-order valence-corrected chi connectivity index (χ4v) is 11.3. The number of carbonyl (C=O) groups excluding carboxylic acids is 2. The van der Waals surface area contributed by atoms with Crippen LogP contribution in [0, 0.1) is 0 Å². The molecule has 0 saturated carbocycles. The molecule has 0 fully saturated rings. The van der Waals surface area contributed by atoms with Crippen molar-refractivity contribution < 1.29 is 19.1 Å². The van der Waals surface area contributed by atoms with Crippen molar-refractivity contribution in [2.75, 3.05) is 13.2 Å². The molecule has 0 heterocycles. The van der Waals surface area contributed by atoms with E-state index in [1.807, 2.05) is 0 Å². The molecule has 65 heavy (non-hydrogen) atoms. The summed E-state index contributed by atoms with van der Waals surface area (Å²) in [5.41, 5.74) is 21.7. The number of ether oxygens (including phenoxy) is 2. The van der Waals surface area contributed by atoms with Gasteiger partial charge < -0.3 is 9.47 Å². The van der Waals surface area contributed by atoms with E-state index in [2.05, 4.69) is 175 Å². The molecule has 326 valence electrons. The Morgan fingerprint density at radius 2 is 0.738 bits per heavy atom. The lowest BCUT2D eigenvalue weighted by Crippen LogP contribution is -2.27. The van der Waals surface area contributed by atoms with Gasteiger partial charge in [0.15, 0.2) is 0 Å². The van der Waals surface area contributed by atoms with Crippen LogP contribution >= 0.6 is 0 Å². The van der Waals surface area contributed by atoms with Gasteiger partial charge in [-0.05, 0) is 167 Å². The van der Waals surface area contributed by atoms with Crippen LogP contribution in [0.1, 0.15) is 101 Å². The van der Waals surface area contributed by atoms with E-state index in [0.717, 1.165) is 24.0 Å². The molecule has 0 radical (unpaired) electrons. The highest BCUT2D eigenvalue weighted by Gasteiger charge is 2.45. The Kier molecular flexibility index (Phi) is 10.9. The Balaban J connectivity index is 1.05. The summed E-state index contributed by atoms with van der Waals surface area (Å²) < 4.78 is 11.1. The number of hydrogen-bond donors (Lipinski definition) is 0. The van der Waals surface area contributed by atoms with Gasteiger partial charge in [-0.2, -0.15) is 0 Å². The van der Waals surface area contributed by atoms with Gasteiger partial charge in [0.05, 0.1) is 13.2 Å². The second-order valence-electron chi connectivity index (χ2n) is 19.2. The molecule has 0 aromatic heterocycles. The Hall–Kier alpha value is -6.78. The lowest BCUT2D eigenvalue weighted by atomic mass is 9.69. The quantitative estimate of drug-likeness (QED) is 0.0474. The molecule has 3 aliphatic carbocycles. The fourth-order valence-electron chi connectivity index (χ4n) is 11.3. The second kappa shape index (κ2) is 16.3. The van der Waals surface area contributed by atoms with E-state index in [1.54, 1.807) is 13.8 Å². The molecule has 4 nitrogen and oxygen atoms in total. The van der Waals surface area contributed by atoms with Crippen molar-refractivity contribution in [1.29, 1.82) is 0 Å². The molecule has 0 bridgehead atoms. The molecule has 2 atom stereocenters. The Labute approximate surface area is 385 Å². The first-order chi connectivity index (χ1) is 31.1. The van der Waals surface area contributed by atoms with Crippen LogP contribution in [0.25, 0.3) is 55.6 Å². The summed E-state index contributed by atoms with van der Waals surface area (Å²) in [4.78, 5) is 24.5. The zero-order valence-corrected chi connectivity index (χ0v) is 38.8. The number of hydrogen-bond acceptors (Lipinski definition) is 4. The van der Waals surface area contributed by atoms with Gasteiger partial charge in [0, 0.05) is 27.4 Å². The number of rotatable bonds is 14. The lowest BCUT2D eigenvalue weighted by molar-refractivity contribution is -0.140. The van der Waals surface area contributed by atoms with Gasteiger partial charge in [-0.15, -0.1) is 0 Å². The van der Waals surface area contributed by atoms with Crippen molar-refractivity contribution in [2.24, 2.45) is 0 Å². The normalized spacial score (nSPS) is 17.8. The monoisotopic (exact) mass is 854 g/mol. The topological polar surface area (TPSA) is 52.6 Å². The minimum absolute atomic E-state index is 0.248. The SMILES string of the molecule is C=C(C)C(=O)OCCCC1(C(=C)C)c2ccccc2-c2ccc(-c3ccc4c(c3)C(C)(C)c3cc(-c5ccc6c(c5)C(CCCOC(=O)C(=C)C)(C(=C)C)c5ccccc5-6)ccc3-4)cc21. The summed E-state index contributed by atoms with van der Waals surface area (Å²) in [6.45, 7) is 29.7. The van der Waals surface area contributed by atoms with Crippen LogP contribution < -0.4 is 0 Å². The average molecular weight is 855 g/mol. The van der Waals surface area contributed by atoms with Gasteiger partial charge in [-0.25, -0.2) is 9.59 Å². The molecule has 0 saturated heterocycles. The number of fused-ring (bicyclic) bond motifs is 9. The average Bonchev–Trinajstić information content (AvgIpc) is 3.84. The third kappa shape index (κ3) is 6.88. The standard InChI is InChI=1S/C61H58O4/c1-37(2)57(62)64-31-15-29-60(39(5)6)51-19-13-11-17-45(51)49-27-23-43(35-55(49)60)41-21-25-47-48-26-22-42(34-54(48)59(9,10)53(47)33-41)44-24-28-50-46-18-12-14-20-52(46)61(40(7)8,56(50)36-44)30-16-32-65-58(63)38(3)4/h11-14,17-28,33-36H,1,3,5,7,15-16,29-32H2,2,4,6,8-10H3. The highest BCUT2D eigenvalue weighted by Crippen LogP contribution is 2.58. The van der Waals surface area contributed by atoms with Crippen LogP contribution in [-0.4, -0.2) is 25.2 Å². The van der Waals surface area contributed by atoms with Crippen LogP contribution in [0.15, 0.2) is 170 Å². The van der Waals surface area contributed by atoms with Gasteiger partial charge in [0.2, 0.25) is 0 Å². The zero-order valence-electron chi connectivity index (χ0n) is 38.8. The maximum atomic E-state index is 12.3. The number of allylic oxidation sites excluding steroid dienone is 2. The van der Waals surface area contributed by atoms with E-state index in [0.29, 0.717) is 37.2 Å². The maximum Gasteiger partial charge on any atom is 0.333 e. The van der Waals surface area contributed by atoms with Crippen molar-refractivity contribution >= 4 is 11.9 Å². The van der Waals surface area contributed by atoms with E-state index < -0.39 is 10.8 Å². The summed E-state index contributed by atoms with van der Waals surface area (Å²) in [5.74, 6) is -0.704. The largest absolute Gasteiger partial charge is 0.462 e. The third-order valence-corrected chi connectivity index (χ3v) is 14.7. The first kappa shape index (κ1) is 43.5. The first-order valence-electron chi connectivity index (χ1n) is 22.9. The number of carbonyl (C=O) groups is 2. The fraction of sp³-hybridized carbons (Fsp3) is 0.246. The highest BCUT2D eigenvalue weighted by atomic mass is 16.5. The minimum Gasteiger partial charge on any atom is -0.462 e. The van der Waals surface area contributed by atoms with E-state index in [9.17, 15) is 9.59 Å². The van der Waals surface area contributed by atoms with E-state index in [1.165, 1.54) is 89.0 Å². The van der Waals surface area contributed by atoms with E-state index >= 15 is 0 Å². The van der Waals surface area contributed by atoms with E-state index in [4.69, 9.17) is 9.47 Å². The van der Waals surface area contributed by atoms with Crippen molar-refractivity contribution in [3.8, 4) is 55.6 Å². The van der Waals surface area contributed by atoms with Gasteiger partial charge in [-0.3, -0.25) is 0 Å².